The molecule has 1 aromatic heterocycles. The number of hydrogen-bond donors (Lipinski definition) is 0. The van der Waals surface area contributed by atoms with E-state index in [1.165, 1.54) is 12.4 Å². The average molecular weight is 231 g/mol. The van der Waals surface area contributed by atoms with Gasteiger partial charge < -0.3 is 0 Å². The first-order valence-electron chi connectivity index (χ1n) is 5.15. The summed E-state index contributed by atoms with van der Waals surface area (Å²) in [5.41, 5.74) is -0.532. The first-order chi connectivity index (χ1) is 7.14. The van der Waals surface area contributed by atoms with Crippen molar-refractivity contribution in [3.05, 3.63) is 29.6 Å². The van der Waals surface area contributed by atoms with E-state index in [0.29, 0.717) is 0 Å². The molecule has 0 saturated carbocycles. The highest BCUT2D eigenvalue weighted by Gasteiger charge is 2.36. The zero-order valence-corrected chi connectivity index (χ0v) is 9.89. The lowest BCUT2D eigenvalue weighted by molar-refractivity contribution is -0.138. The Kier molecular flexibility index (Phi) is 3.31. The standard InChI is InChI=1S/C12H16F3N/c1-8(11(2,3)4)9-7-16-6-5-10(9)12(13,14)15/h5-8H,1-4H3. The minimum absolute atomic E-state index is 0.196. The molecule has 0 radical (unpaired) electrons. The molecule has 1 heterocycles. The van der Waals surface area contributed by atoms with Gasteiger partial charge in [-0.15, -0.1) is 0 Å². The summed E-state index contributed by atoms with van der Waals surface area (Å²) < 4.78 is 38.3. The van der Waals surface area contributed by atoms with Crippen LogP contribution >= 0.6 is 0 Å². The largest absolute Gasteiger partial charge is 0.416 e. The first-order valence-corrected chi connectivity index (χ1v) is 5.15. The third kappa shape index (κ3) is 2.74. The second-order valence-electron chi connectivity index (χ2n) is 5.05. The molecule has 0 aliphatic heterocycles. The fraction of sp³-hybridized carbons (Fsp3) is 0.583. The van der Waals surface area contributed by atoms with Gasteiger partial charge in [-0.1, -0.05) is 27.7 Å². The number of halogens is 3. The fourth-order valence-corrected chi connectivity index (χ4v) is 1.48. The van der Waals surface area contributed by atoms with E-state index in [0.717, 1.165) is 6.07 Å². The van der Waals surface area contributed by atoms with Crippen molar-refractivity contribution in [1.82, 2.24) is 4.98 Å². The molecule has 1 atom stereocenters. The van der Waals surface area contributed by atoms with Crippen LogP contribution in [0.1, 0.15) is 44.7 Å². The normalized spacial score (nSPS) is 14.9. The molecule has 0 bridgehead atoms. The van der Waals surface area contributed by atoms with Gasteiger partial charge in [0, 0.05) is 12.4 Å². The van der Waals surface area contributed by atoms with Crippen molar-refractivity contribution in [1.29, 1.82) is 0 Å². The maximum absolute atomic E-state index is 12.8. The molecule has 1 rings (SSSR count). The van der Waals surface area contributed by atoms with Gasteiger partial charge in [-0.2, -0.15) is 13.2 Å². The smallest absolute Gasteiger partial charge is 0.264 e. The Bertz CT molecular complexity index is 363. The van der Waals surface area contributed by atoms with Crippen LogP contribution in [0.2, 0.25) is 0 Å². The summed E-state index contributed by atoms with van der Waals surface area (Å²) >= 11 is 0. The average Bonchev–Trinajstić information content (AvgIpc) is 2.14. The van der Waals surface area contributed by atoms with Crippen LogP contribution in [0.15, 0.2) is 18.5 Å². The van der Waals surface area contributed by atoms with Crippen LogP contribution in [-0.4, -0.2) is 4.98 Å². The minimum Gasteiger partial charge on any atom is -0.264 e. The van der Waals surface area contributed by atoms with E-state index in [4.69, 9.17) is 0 Å². The lowest BCUT2D eigenvalue weighted by Crippen LogP contribution is -2.20. The number of alkyl halides is 3. The molecule has 0 aliphatic rings. The van der Waals surface area contributed by atoms with Crippen molar-refractivity contribution in [3.8, 4) is 0 Å². The Morgan fingerprint density at radius 2 is 1.75 bits per heavy atom. The minimum atomic E-state index is -4.31. The molecule has 0 aromatic carbocycles. The summed E-state index contributed by atoms with van der Waals surface area (Å²) in [6.45, 7) is 7.56. The lowest BCUT2D eigenvalue weighted by Gasteiger charge is -2.29. The summed E-state index contributed by atoms with van der Waals surface area (Å²) in [5, 5.41) is 0. The Labute approximate surface area is 93.7 Å². The second kappa shape index (κ2) is 4.07. The van der Waals surface area contributed by atoms with Crippen LogP contribution < -0.4 is 0 Å². The van der Waals surface area contributed by atoms with Crippen LogP contribution in [0, 0.1) is 5.41 Å². The van der Waals surface area contributed by atoms with Gasteiger partial charge in [-0.25, -0.2) is 0 Å². The van der Waals surface area contributed by atoms with E-state index < -0.39 is 11.7 Å². The van der Waals surface area contributed by atoms with Crippen molar-refractivity contribution in [3.63, 3.8) is 0 Å². The monoisotopic (exact) mass is 231 g/mol. The van der Waals surface area contributed by atoms with Gasteiger partial charge in [0.05, 0.1) is 5.56 Å². The van der Waals surface area contributed by atoms with Crippen LogP contribution in [0.3, 0.4) is 0 Å². The highest BCUT2D eigenvalue weighted by Crippen LogP contribution is 2.40. The number of nitrogens with zero attached hydrogens (tertiary/aromatic N) is 1. The van der Waals surface area contributed by atoms with E-state index in [-0.39, 0.29) is 16.9 Å². The number of aromatic nitrogens is 1. The van der Waals surface area contributed by atoms with Gasteiger partial charge >= 0.3 is 6.18 Å². The molecule has 4 heteroatoms. The van der Waals surface area contributed by atoms with E-state index in [1.54, 1.807) is 6.92 Å². The zero-order chi connectivity index (χ0) is 12.6. The quantitative estimate of drug-likeness (QED) is 0.704. The van der Waals surface area contributed by atoms with Crippen molar-refractivity contribution < 1.29 is 13.2 Å². The summed E-state index contributed by atoms with van der Waals surface area (Å²) in [4.78, 5) is 3.79. The van der Waals surface area contributed by atoms with Crippen molar-refractivity contribution >= 4 is 0 Å². The molecule has 0 saturated heterocycles. The topological polar surface area (TPSA) is 12.9 Å². The molecular formula is C12H16F3N. The Balaban J connectivity index is 3.25. The number of rotatable bonds is 1. The van der Waals surface area contributed by atoms with E-state index in [9.17, 15) is 13.2 Å². The van der Waals surface area contributed by atoms with E-state index in [1.807, 2.05) is 20.8 Å². The van der Waals surface area contributed by atoms with E-state index in [2.05, 4.69) is 4.98 Å². The highest BCUT2D eigenvalue weighted by molar-refractivity contribution is 5.30. The van der Waals surface area contributed by atoms with Gasteiger partial charge in [0.25, 0.3) is 0 Å². The second-order valence-corrected chi connectivity index (χ2v) is 5.05. The van der Waals surface area contributed by atoms with Crippen molar-refractivity contribution in [2.45, 2.75) is 39.8 Å². The molecule has 0 fully saturated rings. The van der Waals surface area contributed by atoms with Crippen LogP contribution in [-0.2, 0) is 6.18 Å². The van der Waals surface area contributed by atoms with Gasteiger partial charge in [0.15, 0.2) is 0 Å². The molecule has 0 N–H and O–H groups in total. The van der Waals surface area contributed by atoms with Crippen molar-refractivity contribution in [2.75, 3.05) is 0 Å². The number of hydrogen-bond acceptors (Lipinski definition) is 1. The Morgan fingerprint density at radius 3 is 2.19 bits per heavy atom. The molecular weight excluding hydrogens is 215 g/mol. The molecule has 0 aliphatic carbocycles. The van der Waals surface area contributed by atoms with Crippen LogP contribution in [0.25, 0.3) is 0 Å². The summed E-state index contributed by atoms with van der Waals surface area (Å²) in [6.07, 6.45) is -1.81. The summed E-state index contributed by atoms with van der Waals surface area (Å²) in [6, 6.07) is 1.04. The summed E-state index contributed by atoms with van der Waals surface area (Å²) in [5.74, 6) is -0.196. The SMILES string of the molecule is CC(c1cnccc1C(F)(F)F)C(C)(C)C. The molecule has 90 valence electrons. The van der Waals surface area contributed by atoms with Crippen LogP contribution in [0.5, 0.6) is 0 Å². The van der Waals surface area contributed by atoms with Gasteiger partial charge in [0.2, 0.25) is 0 Å². The van der Waals surface area contributed by atoms with Gasteiger partial charge in [0.1, 0.15) is 0 Å². The van der Waals surface area contributed by atoms with Gasteiger partial charge in [-0.3, -0.25) is 4.98 Å². The molecule has 1 unspecified atom stereocenters. The maximum atomic E-state index is 12.8. The van der Waals surface area contributed by atoms with Crippen LogP contribution in [0.4, 0.5) is 13.2 Å². The van der Waals surface area contributed by atoms with Gasteiger partial charge in [-0.05, 0) is 23.0 Å². The number of pyridine rings is 1. The molecule has 0 amide bonds. The third-order valence-corrected chi connectivity index (χ3v) is 2.92. The highest BCUT2D eigenvalue weighted by atomic mass is 19.4. The third-order valence-electron chi connectivity index (χ3n) is 2.92. The molecule has 16 heavy (non-hydrogen) atoms. The molecule has 1 aromatic rings. The van der Waals surface area contributed by atoms with Crippen molar-refractivity contribution in [2.24, 2.45) is 5.41 Å². The van der Waals surface area contributed by atoms with E-state index >= 15 is 0 Å². The fourth-order valence-electron chi connectivity index (χ4n) is 1.48. The first kappa shape index (κ1) is 13.0. The molecule has 0 spiro atoms. The predicted octanol–water partition coefficient (Wildman–Crippen LogP) is 4.25. The lowest BCUT2D eigenvalue weighted by atomic mass is 9.77. The maximum Gasteiger partial charge on any atom is 0.416 e. The predicted molar refractivity (Wildman–Crippen MR) is 57.1 cm³/mol. The molecule has 1 nitrogen and oxygen atoms in total. The Morgan fingerprint density at radius 1 is 1.19 bits per heavy atom. The zero-order valence-electron chi connectivity index (χ0n) is 9.89. The summed E-state index contributed by atoms with van der Waals surface area (Å²) in [7, 11) is 0. The Hall–Kier alpha value is -1.06.